The van der Waals surface area contributed by atoms with Crippen molar-refractivity contribution in [2.24, 2.45) is 5.10 Å². The van der Waals surface area contributed by atoms with E-state index >= 15 is 0 Å². The molecular formula is C25H26N2O4. The standard InChI is InChI=1S/C25H26N2O4/c1-3-15-30-23-14-9-19(16-24(23)29-2)17-26-27-25(28)18-31-22-12-10-21(11-13-22)20-7-5-4-6-8-20/h4-14,16-17H,3,15,18H2,1-2H3,(H,27,28)/b26-17+. The third kappa shape index (κ3) is 6.60. The second-order valence-corrected chi connectivity index (χ2v) is 6.73. The predicted octanol–water partition coefficient (Wildman–Crippen LogP) is 4.68. The number of amides is 1. The summed E-state index contributed by atoms with van der Waals surface area (Å²) >= 11 is 0. The van der Waals surface area contributed by atoms with E-state index in [1.54, 1.807) is 19.4 Å². The van der Waals surface area contributed by atoms with Crippen molar-refractivity contribution in [2.75, 3.05) is 20.3 Å². The van der Waals surface area contributed by atoms with Crippen LogP contribution in [0.5, 0.6) is 17.2 Å². The maximum absolute atomic E-state index is 12.0. The zero-order valence-corrected chi connectivity index (χ0v) is 17.7. The summed E-state index contributed by atoms with van der Waals surface area (Å²) in [7, 11) is 1.58. The van der Waals surface area contributed by atoms with Crippen molar-refractivity contribution in [3.63, 3.8) is 0 Å². The normalized spacial score (nSPS) is 10.6. The molecule has 0 aromatic heterocycles. The molecule has 0 spiro atoms. The molecule has 1 amide bonds. The van der Waals surface area contributed by atoms with E-state index in [9.17, 15) is 4.79 Å². The van der Waals surface area contributed by atoms with Gasteiger partial charge < -0.3 is 14.2 Å². The van der Waals surface area contributed by atoms with E-state index in [4.69, 9.17) is 14.2 Å². The van der Waals surface area contributed by atoms with Gasteiger partial charge in [0.15, 0.2) is 18.1 Å². The summed E-state index contributed by atoms with van der Waals surface area (Å²) in [5.41, 5.74) is 5.45. The maximum atomic E-state index is 12.0. The molecule has 3 aromatic rings. The fourth-order valence-corrected chi connectivity index (χ4v) is 2.83. The van der Waals surface area contributed by atoms with E-state index in [-0.39, 0.29) is 12.5 Å². The van der Waals surface area contributed by atoms with Gasteiger partial charge in [-0.3, -0.25) is 4.79 Å². The molecule has 3 aromatic carbocycles. The Balaban J connectivity index is 1.48. The van der Waals surface area contributed by atoms with Crippen LogP contribution in [-0.2, 0) is 4.79 Å². The molecule has 1 N–H and O–H groups in total. The Bertz CT molecular complexity index is 1000. The van der Waals surface area contributed by atoms with E-state index in [1.165, 1.54) is 0 Å². The molecule has 0 saturated carbocycles. The van der Waals surface area contributed by atoms with Crippen molar-refractivity contribution < 1.29 is 19.0 Å². The van der Waals surface area contributed by atoms with Crippen molar-refractivity contribution in [1.82, 2.24) is 5.43 Å². The average Bonchev–Trinajstić information content (AvgIpc) is 2.82. The van der Waals surface area contributed by atoms with Crippen molar-refractivity contribution in [1.29, 1.82) is 0 Å². The Hall–Kier alpha value is -3.80. The van der Waals surface area contributed by atoms with Crippen LogP contribution in [0, 0.1) is 0 Å². The number of carbonyl (C=O) groups is 1. The molecule has 0 radical (unpaired) electrons. The van der Waals surface area contributed by atoms with Gasteiger partial charge in [-0.2, -0.15) is 5.10 Å². The Kier molecular flexibility index (Phi) is 8.05. The van der Waals surface area contributed by atoms with Crippen LogP contribution in [0.3, 0.4) is 0 Å². The fraction of sp³-hybridized carbons (Fsp3) is 0.200. The number of rotatable bonds is 10. The molecule has 3 rings (SSSR count). The number of carbonyl (C=O) groups excluding carboxylic acids is 1. The first-order valence-corrected chi connectivity index (χ1v) is 10.1. The minimum Gasteiger partial charge on any atom is -0.493 e. The number of hydrogen-bond donors (Lipinski definition) is 1. The van der Waals surface area contributed by atoms with Gasteiger partial charge in [-0.25, -0.2) is 5.43 Å². The smallest absolute Gasteiger partial charge is 0.277 e. The first kappa shape index (κ1) is 21.9. The lowest BCUT2D eigenvalue weighted by Gasteiger charge is -2.10. The van der Waals surface area contributed by atoms with Crippen LogP contribution >= 0.6 is 0 Å². The summed E-state index contributed by atoms with van der Waals surface area (Å²) in [6, 6.07) is 23.1. The van der Waals surface area contributed by atoms with Crippen LogP contribution in [-0.4, -0.2) is 32.4 Å². The van der Waals surface area contributed by atoms with Gasteiger partial charge >= 0.3 is 0 Å². The van der Waals surface area contributed by atoms with Gasteiger partial charge in [0, 0.05) is 0 Å². The van der Waals surface area contributed by atoms with Crippen LogP contribution in [0.4, 0.5) is 0 Å². The van der Waals surface area contributed by atoms with Crippen LogP contribution in [0.2, 0.25) is 0 Å². The Labute approximate surface area is 182 Å². The minimum atomic E-state index is -0.349. The lowest BCUT2D eigenvalue weighted by Crippen LogP contribution is -2.24. The van der Waals surface area contributed by atoms with Crippen LogP contribution in [0.25, 0.3) is 11.1 Å². The van der Waals surface area contributed by atoms with Gasteiger partial charge in [0.2, 0.25) is 0 Å². The van der Waals surface area contributed by atoms with Crippen molar-refractivity contribution >= 4 is 12.1 Å². The minimum absolute atomic E-state index is 0.130. The summed E-state index contributed by atoms with van der Waals surface area (Å²) in [5, 5.41) is 3.97. The summed E-state index contributed by atoms with van der Waals surface area (Å²) in [6.07, 6.45) is 2.45. The topological polar surface area (TPSA) is 69.2 Å². The molecule has 0 aliphatic heterocycles. The molecule has 6 heteroatoms. The van der Waals surface area contributed by atoms with Crippen molar-refractivity contribution in [2.45, 2.75) is 13.3 Å². The Morgan fingerprint density at radius 2 is 1.68 bits per heavy atom. The molecule has 0 aliphatic carbocycles. The largest absolute Gasteiger partial charge is 0.493 e. The first-order valence-electron chi connectivity index (χ1n) is 10.1. The molecule has 0 bridgehead atoms. The van der Waals surface area contributed by atoms with Gasteiger partial charge in [-0.1, -0.05) is 49.4 Å². The molecule has 0 saturated heterocycles. The van der Waals surface area contributed by atoms with Gasteiger partial charge in [-0.05, 0) is 53.4 Å². The van der Waals surface area contributed by atoms with Crippen LogP contribution in [0.15, 0.2) is 77.9 Å². The highest BCUT2D eigenvalue weighted by Crippen LogP contribution is 2.27. The number of hydrazone groups is 1. The lowest BCUT2D eigenvalue weighted by atomic mass is 10.1. The number of ether oxygens (including phenoxy) is 3. The maximum Gasteiger partial charge on any atom is 0.277 e. The number of nitrogens with zero attached hydrogens (tertiary/aromatic N) is 1. The van der Waals surface area contributed by atoms with Crippen LogP contribution < -0.4 is 19.6 Å². The van der Waals surface area contributed by atoms with E-state index in [1.807, 2.05) is 73.7 Å². The monoisotopic (exact) mass is 418 g/mol. The average molecular weight is 418 g/mol. The zero-order valence-electron chi connectivity index (χ0n) is 17.7. The summed E-state index contributed by atoms with van der Waals surface area (Å²) < 4.78 is 16.5. The summed E-state index contributed by atoms with van der Waals surface area (Å²) in [5.74, 6) is 1.56. The predicted molar refractivity (Wildman–Crippen MR) is 122 cm³/mol. The number of methoxy groups -OCH3 is 1. The van der Waals surface area contributed by atoms with Gasteiger partial charge in [0.05, 0.1) is 19.9 Å². The third-order valence-electron chi connectivity index (χ3n) is 4.38. The second-order valence-electron chi connectivity index (χ2n) is 6.73. The molecule has 0 unspecified atom stereocenters. The highest BCUT2D eigenvalue weighted by molar-refractivity contribution is 5.83. The second kappa shape index (κ2) is 11.4. The highest BCUT2D eigenvalue weighted by Gasteiger charge is 2.05. The third-order valence-corrected chi connectivity index (χ3v) is 4.38. The van der Waals surface area contributed by atoms with Crippen molar-refractivity contribution in [3.05, 3.63) is 78.4 Å². The SMILES string of the molecule is CCCOc1ccc(/C=N/NC(=O)COc2ccc(-c3ccccc3)cc2)cc1OC. The number of hydrogen-bond acceptors (Lipinski definition) is 5. The number of nitrogens with one attached hydrogen (secondary N) is 1. The zero-order chi connectivity index (χ0) is 21.9. The van der Waals surface area contributed by atoms with E-state index < -0.39 is 0 Å². The summed E-state index contributed by atoms with van der Waals surface area (Å²) in [6.45, 7) is 2.53. The fourth-order valence-electron chi connectivity index (χ4n) is 2.83. The molecule has 0 aliphatic rings. The van der Waals surface area contributed by atoms with Gasteiger partial charge in [-0.15, -0.1) is 0 Å². The molecular weight excluding hydrogens is 392 g/mol. The lowest BCUT2D eigenvalue weighted by molar-refractivity contribution is -0.123. The van der Waals surface area contributed by atoms with E-state index in [0.717, 1.165) is 23.1 Å². The Morgan fingerprint density at radius 1 is 0.935 bits per heavy atom. The highest BCUT2D eigenvalue weighted by atomic mass is 16.5. The van der Waals surface area contributed by atoms with E-state index in [2.05, 4.69) is 10.5 Å². The van der Waals surface area contributed by atoms with Gasteiger partial charge in [0.1, 0.15) is 5.75 Å². The molecule has 0 fully saturated rings. The molecule has 0 atom stereocenters. The molecule has 0 heterocycles. The number of benzene rings is 3. The molecule has 6 nitrogen and oxygen atoms in total. The van der Waals surface area contributed by atoms with Crippen LogP contribution in [0.1, 0.15) is 18.9 Å². The van der Waals surface area contributed by atoms with Gasteiger partial charge in [0.25, 0.3) is 5.91 Å². The Morgan fingerprint density at radius 3 is 2.39 bits per heavy atom. The molecule has 31 heavy (non-hydrogen) atoms. The van der Waals surface area contributed by atoms with E-state index in [0.29, 0.717) is 23.9 Å². The molecule has 160 valence electrons. The quantitative estimate of drug-likeness (QED) is 0.383. The summed E-state index contributed by atoms with van der Waals surface area (Å²) in [4.78, 5) is 12.0. The first-order chi connectivity index (χ1) is 15.2. The van der Waals surface area contributed by atoms with Crippen molar-refractivity contribution in [3.8, 4) is 28.4 Å².